The Hall–Kier alpha value is -1.96. The molecule has 17 heavy (non-hydrogen) atoms. The summed E-state index contributed by atoms with van der Waals surface area (Å²) in [7, 11) is 7.55. The molecule has 1 nitrogen and oxygen atoms in total. The lowest BCUT2D eigenvalue weighted by Crippen LogP contribution is -2.06. The van der Waals surface area contributed by atoms with Crippen molar-refractivity contribution in [1.29, 1.82) is 0 Å². The first-order valence-electron chi connectivity index (χ1n) is 5.54. The van der Waals surface area contributed by atoms with E-state index in [1.165, 1.54) is 10.8 Å². The van der Waals surface area contributed by atoms with Crippen molar-refractivity contribution in [3.05, 3.63) is 48.5 Å². The number of hydrogen-bond acceptors (Lipinski definition) is 1. The first-order chi connectivity index (χ1) is 8.28. The maximum absolute atomic E-state index is 5.92. The van der Waals surface area contributed by atoms with Gasteiger partial charge in [0, 0.05) is 0 Å². The van der Waals surface area contributed by atoms with Crippen LogP contribution in [-0.4, -0.2) is 15.0 Å². The Morgan fingerprint density at radius 3 is 2.00 bits per heavy atom. The molecule has 0 aliphatic rings. The molecule has 3 aromatic carbocycles. The van der Waals surface area contributed by atoms with Crippen molar-refractivity contribution in [2.45, 2.75) is 0 Å². The SMILES string of the molecule is [B]c1cc2cc3ccccc3cc2cc1OC. The number of methoxy groups -OCH3 is 1. The van der Waals surface area contributed by atoms with Gasteiger partial charge < -0.3 is 4.74 Å². The smallest absolute Gasteiger partial charge is 0.119 e. The zero-order chi connectivity index (χ0) is 11.8. The van der Waals surface area contributed by atoms with E-state index in [0.717, 1.165) is 16.5 Å². The molecule has 0 spiro atoms. The van der Waals surface area contributed by atoms with E-state index in [4.69, 9.17) is 12.6 Å². The lowest BCUT2D eigenvalue weighted by Gasteiger charge is -2.08. The summed E-state index contributed by atoms with van der Waals surface area (Å²) in [5, 5.41) is 4.74. The van der Waals surface area contributed by atoms with Crippen molar-refractivity contribution < 1.29 is 4.74 Å². The van der Waals surface area contributed by atoms with Crippen molar-refractivity contribution in [2.75, 3.05) is 7.11 Å². The Morgan fingerprint density at radius 2 is 1.41 bits per heavy atom. The van der Waals surface area contributed by atoms with Gasteiger partial charge in [-0.1, -0.05) is 35.8 Å². The summed E-state index contributed by atoms with van der Waals surface area (Å²) in [6, 6.07) is 16.6. The fourth-order valence-electron chi connectivity index (χ4n) is 2.17. The quantitative estimate of drug-likeness (QED) is 0.450. The zero-order valence-corrected chi connectivity index (χ0v) is 9.60. The van der Waals surface area contributed by atoms with Crippen molar-refractivity contribution in [3.63, 3.8) is 0 Å². The van der Waals surface area contributed by atoms with Crippen LogP contribution >= 0.6 is 0 Å². The Bertz CT molecular complexity index is 704. The summed E-state index contributed by atoms with van der Waals surface area (Å²) in [4.78, 5) is 0. The maximum Gasteiger partial charge on any atom is 0.119 e. The van der Waals surface area contributed by atoms with Gasteiger partial charge in [-0.25, -0.2) is 0 Å². The van der Waals surface area contributed by atoms with E-state index in [0.29, 0.717) is 5.46 Å². The summed E-state index contributed by atoms with van der Waals surface area (Å²) in [5.74, 6) is 0.729. The monoisotopic (exact) mass is 218 g/mol. The molecular weight excluding hydrogens is 207 g/mol. The number of hydrogen-bond donors (Lipinski definition) is 0. The van der Waals surface area contributed by atoms with E-state index in [2.05, 4.69) is 24.3 Å². The van der Waals surface area contributed by atoms with E-state index in [-0.39, 0.29) is 0 Å². The normalized spacial score (nSPS) is 10.9. The minimum Gasteiger partial charge on any atom is -0.497 e. The van der Waals surface area contributed by atoms with Crippen molar-refractivity contribution in [2.24, 2.45) is 0 Å². The van der Waals surface area contributed by atoms with Gasteiger partial charge in [0.05, 0.1) is 7.11 Å². The lowest BCUT2D eigenvalue weighted by molar-refractivity contribution is 0.419. The van der Waals surface area contributed by atoms with Gasteiger partial charge in [-0.2, -0.15) is 0 Å². The van der Waals surface area contributed by atoms with Gasteiger partial charge in [0.1, 0.15) is 13.6 Å². The van der Waals surface area contributed by atoms with Crippen molar-refractivity contribution in [3.8, 4) is 5.75 Å². The van der Waals surface area contributed by atoms with E-state index < -0.39 is 0 Å². The number of fused-ring (bicyclic) bond motifs is 2. The fourth-order valence-corrected chi connectivity index (χ4v) is 2.17. The van der Waals surface area contributed by atoms with E-state index >= 15 is 0 Å². The van der Waals surface area contributed by atoms with Crippen LogP contribution in [-0.2, 0) is 0 Å². The Labute approximate surface area is 101 Å². The lowest BCUT2D eigenvalue weighted by atomic mass is 9.91. The van der Waals surface area contributed by atoms with Crippen LogP contribution in [0.4, 0.5) is 0 Å². The molecule has 0 bridgehead atoms. The molecule has 0 aliphatic heterocycles. The van der Waals surface area contributed by atoms with Crippen LogP contribution in [0.1, 0.15) is 0 Å². The summed E-state index contributed by atoms with van der Waals surface area (Å²) < 4.78 is 5.24. The van der Waals surface area contributed by atoms with Gasteiger partial charge in [-0.05, 0) is 39.7 Å². The first-order valence-corrected chi connectivity index (χ1v) is 5.54. The molecule has 2 heteroatoms. The molecular formula is C15H11BO. The van der Waals surface area contributed by atoms with Crippen LogP contribution < -0.4 is 10.2 Å². The van der Waals surface area contributed by atoms with Gasteiger partial charge in [0.25, 0.3) is 0 Å². The molecule has 0 atom stereocenters. The minimum absolute atomic E-state index is 0.676. The predicted molar refractivity (Wildman–Crippen MR) is 73.4 cm³/mol. The maximum atomic E-state index is 5.92. The average Bonchev–Trinajstić information content (AvgIpc) is 2.35. The third kappa shape index (κ3) is 1.66. The van der Waals surface area contributed by atoms with Crippen LogP contribution in [0, 0.1) is 0 Å². The van der Waals surface area contributed by atoms with Gasteiger partial charge >= 0.3 is 0 Å². The molecule has 0 aromatic heterocycles. The highest BCUT2D eigenvalue weighted by atomic mass is 16.5. The van der Waals surface area contributed by atoms with E-state index in [1.54, 1.807) is 7.11 Å². The van der Waals surface area contributed by atoms with Gasteiger partial charge in [-0.3, -0.25) is 0 Å². The molecule has 0 fully saturated rings. The standard InChI is InChI=1S/C15H11BO/c1-17-15-9-13-7-11-5-3-2-4-10(11)6-12(13)8-14(15)16/h2-9H,1H3. The van der Waals surface area contributed by atoms with Crippen LogP contribution in [0.15, 0.2) is 48.5 Å². The van der Waals surface area contributed by atoms with Gasteiger partial charge in [-0.15, -0.1) is 0 Å². The fraction of sp³-hybridized carbons (Fsp3) is 0.0667. The summed E-state index contributed by atoms with van der Waals surface area (Å²) in [6.45, 7) is 0. The molecule has 0 heterocycles. The van der Waals surface area contributed by atoms with Crippen LogP contribution in [0.3, 0.4) is 0 Å². The van der Waals surface area contributed by atoms with E-state index in [1.807, 2.05) is 24.3 Å². The second-order valence-corrected chi connectivity index (χ2v) is 4.14. The van der Waals surface area contributed by atoms with Crippen LogP contribution in [0.5, 0.6) is 5.75 Å². The highest BCUT2D eigenvalue weighted by Gasteiger charge is 2.02. The predicted octanol–water partition coefficient (Wildman–Crippen LogP) is 2.80. The Morgan fingerprint density at radius 1 is 0.824 bits per heavy atom. The molecule has 0 saturated carbocycles. The third-order valence-electron chi connectivity index (χ3n) is 3.05. The summed E-state index contributed by atoms with van der Waals surface area (Å²) in [6.07, 6.45) is 0. The highest BCUT2D eigenvalue weighted by molar-refractivity contribution is 6.35. The topological polar surface area (TPSA) is 9.23 Å². The molecule has 0 N–H and O–H groups in total. The highest BCUT2D eigenvalue weighted by Crippen LogP contribution is 2.24. The minimum atomic E-state index is 0.676. The average molecular weight is 218 g/mol. The molecule has 0 aliphatic carbocycles. The van der Waals surface area contributed by atoms with E-state index in [9.17, 15) is 0 Å². The second kappa shape index (κ2) is 3.81. The second-order valence-electron chi connectivity index (χ2n) is 4.14. The van der Waals surface area contributed by atoms with Crippen molar-refractivity contribution >= 4 is 34.9 Å². The molecule has 0 saturated heterocycles. The zero-order valence-electron chi connectivity index (χ0n) is 9.60. The molecule has 3 rings (SSSR count). The number of rotatable bonds is 1. The summed E-state index contributed by atoms with van der Waals surface area (Å²) in [5.41, 5.74) is 0.676. The van der Waals surface area contributed by atoms with Crippen LogP contribution in [0.25, 0.3) is 21.5 Å². The first kappa shape index (κ1) is 10.2. The van der Waals surface area contributed by atoms with Crippen LogP contribution in [0.2, 0.25) is 0 Å². The summed E-state index contributed by atoms with van der Waals surface area (Å²) >= 11 is 0. The van der Waals surface area contributed by atoms with Crippen molar-refractivity contribution in [1.82, 2.24) is 0 Å². The number of ether oxygens (including phenoxy) is 1. The largest absolute Gasteiger partial charge is 0.497 e. The van der Waals surface area contributed by atoms with Gasteiger partial charge in [0.15, 0.2) is 0 Å². The molecule has 3 aromatic rings. The Kier molecular flexibility index (Phi) is 2.29. The van der Waals surface area contributed by atoms with Gasteiger partial charge in [0.2, 0.25) is 0 Å². The number of benzene rings is 3. The molecule has 0 unspecified atom stereocenters. The Balaban J connectivity index is 2.40. The molecule has 80 valence electrons. The molecule has 0 amide bonds. The molecule has 2 radical (unpaired) electrons. The third-order valence-corrected chi connectivity index (χ3v) is 3.05.